The molecule has 0 amide bonds. The first-order valence-electron chi connectivity index (χ1n) is 8.54. The van der Waals surface area contributed by atoms with Crippen molar-refractivity contribution in [2.45, 2.75) is 0 Å². The molecule has 0 aliphatic heterocycles. The first kappa shape index (κ1) is 14.1. The molecule has 0 aliphatic rings. The lowest BCUT2D eigenvalue weighted by Gasteiger charge is -2.03. The lowest BCUT2D eigenvalue weighted by molar-refractivity contribution is 1.45. The Balaban J connectivity index is 1.57. The van der Waals surface area contributed by atoms with E-state index in [2.05, 4.69) is 96.0 Å². The van der Waals surface area contributed by atoms with Gasteiger partial charge in [0.2, 0.25) is 0 Å². The van der Waals surface area contributed by atoms with E-state index in [-0.39, 0.29) is 0 Å². The van der Waals surface area contributed by atoms with Crippen molar-refractivity contribution in [1.29, 1.82) is 0 Å². The van der Waals surface area contributed by atoms with Crippen molar-refractivity contribution >= 4 is 21.7 Å². The SMILES string of the molecule is c1ccc(-c2ccc(-c3cc4cc5ccccc5cc4[nH]3)cc2)cc1. The van der Waals surface area contributed by atoms with Crippen LogP contribution in [0.1, 0.15) is 0 Å². The summed E-state index contributed by atoms with van der Waals surface area (Å²) in [5, 5.41) is 3.80. The van der Waals surface area contributed by atoms with Gasteiger partial charge in [-0.1, -0.05) is 78.9 Å². The zero-order valence-corrected chi connectivity index (χ0v) is 13.7. The molecule has 0 unspecified atom stereocenters. The number of benzene rings is 4. The zero-order chi connectivity index (χ0) is 16.6. The predicted molar refractivity (Wildman–Crippen MR) is 107 cm³/mol. The fourth-order valence-corrected chi connectivity index (χ4v) is 3.45. The average molecular weight is 319 g/mol. The van der Waals surface area contributed by atoms with Gasteiger partial charge in [0.15, 0.2) is 0 Å². The Morgan fingerprint density at radius 2 is 1.04 bits per heavy atom. The summed E-state index contributed by atoms with van der Waals surface area (Å²) in [4.78, 5) is 3.56. The molecular formula is C24H17N. The number of aromatic nitrogens is 1. The highest BCUT2D eigenvalue weighted by Gasteiger charge is 2.05. The van der Waals surface area contributed by atoms with Gasteiger partial charge in [-0.05, 0) is 45.7 Å². The Morgan fingerprint density at radius 1 is 0.440 bits per heavy atom. The van der Waals surface area contributed by atoms with Crippen molar-refractivity contribution in [2.75, 3.05) is 0 Å². The Kier molecular flexibility index (Phi) is 3.17. The van der Waals surface area contributed by atoms with Gasteiger partial charge in [-0.15, -0.1) is 0 Å². The molecule has 1 N–H and O–H groups in total. The molecule has 0 spiro atoms. The van der Waals surface area contributed by atoms with Crippen LogP contribution in [-0.4, -0.2) is 4.98 Å². The molecule has 0 atom stereocenters. The van der Waals surface area contributed by atoms with Crippen molar-refractivity contribution in [3.63, 3.8) is 0 Å². The second-order valence-corrected chi connectivity index (χ2v) is 6.41. The molecule has 1 nitrogen and oxygen atoms in total. The molecule has 0 saturated carbocycles. The first-order valence-corrected chi connectivity index (χ1v) is 8.54. The van der Waals surface area contributed by atoms with Crippen LogP contribution in [0.15, 0.2) is 97.1 Å². The van der Waals surface area contributed by atoms with Gasteiger partial charge >= 0.3 is 0 Å². The molecule has 0 radical (unpaired) electrons. The fourth-order valence-electron chi connectivity index (χ4n) is 3.45. The van der Waals surface area contributed by atoms with Crippen LogP contribution in [0, 0.1) is 0 Å². The standard InChI is InChI=1S/C24H17N/c1-2-6-17(7-3-1)18-10-12-19(13-11-18)23-16-22-14-20-8-4-5-9-21(20)15-24(22)25-23/h1-16,25H. The van der Waals surface area contributed by atoms with Crippen LogP contribution in [0.25, 0.3) is 44.1 Å². The van der Waals surface area contributed by atoms with Crippen LogP contribution in [0.2, 0.25) is 0 Å². The number of hydrogen-bond donors (Lipinski definition) is 1. The van der Waals surface area contributed by atoms with Gasteiger partial charge in [0.1, 0.15) is 0 Å². The van der Waals surface area contributed by atoms with Gasteiger partial charge in [0, 0.05) is 16.6 Å². The second kappa shape index (κ2) is 5.64. The van der Waals surface area contributed by atoms with Crippen LogP contribution in [0.3, 0.4) is 0 Å². The molecule has 5 rings (SSSR count). The topological polar surface area (TPSA) is 15.8 Å². The van der Waals surface area contributed by atoms with E-state index < -0.39 is 0 Å². The van der Waals surface area contributed by atoms with Crippen molar-refractivity contribution in [2.24, 2.45) is 0 Å². The van der Waals surface area contributed by atoms with Crippen molar-refractivity contribution in [3.8, 4) is 22.4 Å². The highest BCUT2D eigenvalue weighted by Crippen LogP contribution is 2.29. The highest BCUT2D eigenvalue weighted by atomic mass is 14.7. The highest BCUT2D eigenvalue weighted by molar-refractivity contribution is 5.98. The van der Waals surface area contributed by atoms with Crippen LogP contribution in [-0.2, 0) is 0 Å². The van der Waals surface area contributed by atoms with Crippen LogP contribution < -0.4 is 0 Å². The van der Waals surface area contributed by atoms with Gasteiger partial charge in [-0.25, -0.2) is 0 Å². The number of aromatic amines is 1. The molecule has 0 aliphatic carbocycles. The van der Waals surface area contributed by atoms with E-state index in [1.165, 1.54) is 38.4 Å². The summed E-state index contributed by atoms with van der Waals surface area (Å²) in [5.41, 5.74) is 6.04. The van der Waals surface area contributed by atoms with E-state index in [0.717, 1.165) is 5.69 Å². The van der Waals surface area contributed by atoms with Crippen LogP contribution in [0.4, 0.5) is 0 Å². The van der Waals surface area contributed by atoms with Gasteiger partial charge < -0.3 is 4.98 Å². The minimum Gasteiger partial charge on any atom is -0.355 e. The predicted octanol–water partition coefficient (Wildman–Crippen LogP) is 6.66. The third-order valence-electron chi connectivity index (χ3n) is 4.79. The third-order valence-corrected chi connectivity index (χ3v) is 4.79. The summed E-state index contributed by atoms with van der Waals surface area (Å²) >= 11 is 0. The number of nitrogens with one attached hydrogen (secondary N) is 1. The van der Waals surface area contributed by atoms with E-state index in [1.807, 2.05) is 6.07 Å². The summed E-state index contributed by atoms with van der Waals surface area (Å²) in [6, 6.07) is 34.4. The lowest BCUT2D eigenvalue weighted by Crippen LogP contribution is -1.80. The Bertz CT molecular complexity index is 1110. The van der Waals surface area contributed by atoms with Gasteiger partial charge in [0.25, 0.3) is 0 Å². The summed E-state index contributed by atoms with van der Waals surface area (Å²) in [7, 11) is 0. The van der Waals surface area contributed by atoms with Crippen LogP contribution in [0.5, 0.6) is 0 Å². The van der Waals surface area contributed by atoms with Gasteiger partial charge in [-0.2, -0.15) is 0 Å². The monoisotopic (exact) mass is 319 g/mol. The van der Waals surface area contributed by atoms with E-state index >= 15 is 0 Å². The van der Waals surface area contributed by atoms with Crippen molar-refractivity contribution in [1.82, 2.24) is 4.98 Å². The molecule has 1 heteroatoms. The minimum absolute atomic E-state index is 1.16. The molecule has 1 aromatic heterocycles. The Hall–Kier alpha value is -3.32. The first-order chi connectivity index (χ1) is 12.4. The third kappa shape index (κ3) is 2.50. The van der Waals surface area contributed by atoms with Gasteiger partial charge in [-0.3, -0.25) is 0 Å². The van der Waals surface area contributed by atoms with E-state index in [9.17, 15) is 0 Å². The smallest absolute Gasteiger partial charge is 0.0465 e. The van der Waals surface area contributed by atoms with Crippen LogP contribution >= 0.6 is 0 Å². The zero-order valence-electron chi connectivity index (χ0n) is 13.7. The summed E-state index contributed by atoms with van der Waals surface area (Å²) < 4.78 is 0. The van der Waals surface area contributed by atoms with Crippen molar-refractivity contribution in [3.05, 3.63) is 97.1 Å². The molecule has 0 saturated heterocycles. The molecule has 5 aromatic rings. The summed E-state index contributed by atoms with van der Waals surface area (Å²) in [5.74, 6) is 0. The normalized spacial score (nSPS) is 11.2. The maximum absolute atomic E-state index is 3.56. The number of H-pyrrole nitrogens is 1. The quantitative estimate of drug-likeness (QED) is 0.374. The Morgan fingerprint density at radius 3 is 1.80 bits per heavy atom. The fraction of sp³-hybridized carbons (Fsp3) is 0. The maximum atomic E-state index is 3.56. The van der Waals surface area contributed by atoms with Crippen molar-refractivity contribution < 1.29 is 0 Å². The molecule has 118 valence electrons. The molecular weight excluding hydrogens is 302 g/mol. The maximum Gasteiger partial charge on any atom is 0.0465 e. The number of rotatable bonds is 2. The average Bonchev–Trinajstić information content (AvgIpc) is 3.10. The second-order valence-electron chi connectivity index (χ2n) is 6.41. The molecule has 0 bridgehead atoms. The summed E-state index contributed by atoms with van der Waals surface area (Å²) in [6.45, 7) is 0. The molecule has 4 aromatic carbocycles. The van der Waals surface area contributed by atoms with E-state index in [1.54, 1.807) is 0 Å². The number of fused-ring (bicyclic) bond motifs is 2. The molecule has 0 fully saturated rings. The lowest BCUT2D eigenvalue weighted by atomic mass is 10.0. The molecule has 1 heterocycles. The summed E-state index contributed by atoms with van der Waals surface area (Å²) in [6.07, 6.45) is 0. The Labute approximate surface area is 146 Å². The van der Waals surface area contributed by atoms with E-state index in [0.29, 0.717) is 0 Å². The van der Waals surface area contributed by atoms with E-state index in [4.69, 9.17) is 0 Å². The van der Waals surface area contributed by atoms with Gasteiger partial charge in [0.05, 0.1) is 0 Å². The minimum atomic E-state index is 1.16. The number of hydrogen-bond acceptors (Lipinski definition) is 0. The largest absolute Gasteiger partial charge is 0.355 e. The molecule has 25 heavy (non-hydrogen) atoms.